The van der Waals surface area contributed by atoms with Gasteiger partial charge < -0.3 is 0 Å². The second kappa shape index (κ2) is 4.23. The molecule has 0 spiro atoms. The molecular weight excluding hydrogens is 250 g/mol. The molecule has 0 unspecified atom stereocenters. The molecule has 0 aliphatic rings. The lowest BCUT2D eigenvalue weighted by atomic mass is 10.3. The maximum absolute atomic E-state index is 12.1. The molecule has 0 fully saturated rings. The SMILES string of the molecule is O=c1c(Cl)nc2cccnc2n1-c1ccccc1. The monoisotopic (exact) mass is 257 g/mol. The molecule has 3 aromatic rings. The van der Waals surface area contributed by atoms with Crippen LogP contribution in [-0.2, 0) is 0 Å². The average molecular weight is 258 g/mol. The van der Waals surface area contributed by atoms with Crippen LogP contribution in [0.1, 0.15) is 0 Å². The summed E-state index contributed by atoms with van der Waals surface area (Å²) in [6, 6.07) is 12.8. The molecule has 3 rings (SSSR count). The van der Waals surface area contributed by atoms with Gasteiger partial charge in [-0.05, 0) is 24.3 Å². The predicted octanol–water partition coefficient (Wildman–Crippen LogP) is 2.43. The van der Waals surface area contributed by atoms with Crippen LogP contribution in [0.4, 0.5) is 0 Å². The number of halogens is 1. The van der Waals surface area contributed by atoms with Crippen molar-refractivity contribution in [3.63, 3.8) is 0 Å². The molecule has 0 radical (unpaired) electrons. The Balaban J connectivity index is 2.47. The molecule has 4 nitrogen and oxygen atoms in total. The van der Waals surface area contributed by atoms with Crippen LogP contribution in [0.25, 0.3) is 16.9 Å². The normalized spacial score (nSPS) is 10.7. The van der Waals surface area contributed by atoms with Crippen LogP contribution in [0.3, 0.4) is 0 Å². The van der Waals surface area contributed by atoms with Crippen molar-refractivity contribution in [2.45, 2.75) is 0 Å². The van der Waals surface area contributed by atoms with Gasteiger partial charge in [0.05, 0.1) is 5.69 Å². The van der Waals surface area contributed by atoms with Gasteiger partial charge in [-0.3, -0.25) is 9.36 Å². The maximum Gasteiger partial charge on any atom is 0.294 e. The van der Waals surface area contributed by atoms with Crippen molar-refractivity contribution in [2.24, 2.45) is 0 Å². The zero-order chi connectivity index (χ0) is 12.5. The zero-order valence-corrected chi connectivity index (χ0v) is 10.0. The maximum atomic E-state index is 12.1. The molecule has 0 aliphatic heterocycles. The number of hydrogen-bond donors (Lipinski definition) is 0. The van der Waals surface area contributed by atoms with Crippen molar-refractivity contribution >= 4 is 22.8 Å². The van der Waals surface area contributed by atoms with Gasteiger partial charge in [0.15, 0.2) is 10.8 Å². The van der Waals surface area contributed by atoms with Gasteiger partial charge in [-0.1, -0.05) is 29.8 Å². The summed E-state index contributed by atoms with van der Waals surface area (Å²) >= 11 is 5.87. The summed E-state index contributed by atoms with van der Waals surface area (Å²) < 4.78 is 1.46. The van der Waals surface area contributed by atoms with E-state index in [0.29, 0.717) is 11.2 Å². The number of fused-ring (bicyclic) bond motifs is 1. The fraction of sp³-hybridized carbons (Fsp3) is 0. The van der Waals surface area contributed by atoms with Gasteiger partial charge in [0.2, 0.25) is 0 Å². The molecular formula is C13H8ClN3O. The van der Waals surface area contributed by atoms with Crippen molar-refractivity contribution < 1.29 is 0 Å². The third-order valence-electron chi connectivity index (χ3n) is 2.59. The number of nitrogens with zero attached hydrogens (tertiary/aromatic N) is 3. The van der Waals surface area contributed by atoms with E-state index in [1.807, 2.05) is 30.3 Å². The lowest BCUT2D eigenvalue weighted by molar-refractivity contribution is 0.990. The lowest BCUT2D eigenvalue weighted by Crippen LogP contribution is -2.21. The topological polar surface area (TPSA) is 47.8 Å². The van der Waals surface area contributed by atoms with Crippen LogP contribution >= 0.6 is 11.6 Å². The highest BCUT2D eigenvalue weighted by Crippen LogP contribution is 2.14. The van der Waals surface area contributed by atoms with E-state index in [1.54, 1.807) is 18.3 Å². The third-order valence-corrected chi connectivity index (χ3v) is 2.84. The van der Waals surface area contributed by atoms with Crippen molar-refractivity contribution in [1.82, 2.24) is 14.5 Å². The summed E-state index contributed by atoms with van der Waals surface area (Å²) in [7, 11) is 0. The number of hydrogen-bond acceptors (Lipinski definition) is 3. The molecule has 0 aliphatic carbocycles. The highest BCUT2D eigenvalue weighted by molar-refractivity contribution is 6.29. The van der Waals surface area contributed by atoms with E-state index in [1.165, 1.54) is 4.57 Å². The number of benzene rings is 1. The fourth-order valence-electron chi connectivity index (χ4n) is 1.81. The number of para-hydroxylation sites is 1. The summed E-state index contributed by atoms with van der Waals surface area (Å²) in [5.41, 5.74) is 1.44. The fourth-order valence-corrected chi connectivity index (χ4v) is 1.98. The van der Waals surface area contributed by atoms with Crippen molar-refractivity contribution in [3.8, 4) is 5.69 Å². The van der Waals surface area contributed by atoms with Crippen LogP contribution in [-0.4, -0.2) is 14.5 Å². The van der Waals surface area contributed by atoms with Gasteiger partial charge in [-0.2, -0.15) is 0 Å². The van der Waals surface area contributed by atoms with Crippen molar-refractivity contribution in [2.75, 3.05) is 0 Å². The summed E-state index contributed by atoms with van der Waals surface area (Å²) in [5, 5.41) is -0.0562. The van der Waals surface area contributed by atoms with Gasteiger partial charge in [-0.15, -0.1) is 0 Å². The number of aromatic nitrogens is 3. The number of rotatable bonds is 1. The lowest BCUT2D eigenvalue weighted by Gasteiger charge is -2.08. The van der Waals surface area contributed by atoms with Gasteiger partial charge in [0, 0.05) is 6.20 Å². The Morgan fingerprint density at radius 1 is 1.06 bits per heavy atom. The minimum absolute atomic E-state index is 0.0562. The smallest absolute Gasteiger partial charge is 0.265 e. The molecule has 0 amide bonds. The average Bonchev–Trinajstić information content (AvgIpc) is 2.41. The largest absolute Gasteiger partial charge is 0.294 e. The van der Waals surface area contributed by atoms with E-state index >= 15 is 0 Å². The highest BCUT2D eigenvalue weighted by Gasteiger charge is 2.11. The first kappa shape index (κ1) is 10.9. The quantitative estimate of drug-likeness (QED) is 0.673. The van der Waals surface area contributed by atoms with Crippen LogP contribution in [0.5, 0.6) is 0 Å². The Hall–Kier alpha value is -2.20. The number of pyridine rings is 1. The van der Waals surface area contributed by atoms with Crippen molar-refractivity contribution in [1.29, 1.82) is 0 Å². The van der Waals surface area contributed by atoms with Crippen LogP contribution in [0, 0.1) is 0 Å². The van der Waals surface area contributed by atoms with Gasteiger partial charge in [0.25, 0.3) is 5.56 Å². The molecule has 88 valence electrons. The summed E-state index contributed by atoms with van der Waals surface area (Å²) in [6.07, 6.45) is 1.62. The predicted molar refractivity (Wildman–Crippen MR) is 70.1 cm³/mol. The van der Waals surface area contributed by atoms with Crippen LogP contribution in [0.15, 0.2) is 53.5 Å². The van der Waals surface area contributed by atoms with E-state index in [2.05, 4.69) is 9.97 Å². The zero-order valence-electron chi connectivity index (χ0n) is 9.25. The molecule has 0 saturated carbocycles. The molecule has 0 saturated heterocycles. The Morgan fingerprint density at radius 2 is 1.83 bits per heavy atom. The summed E-state index contributed by atoms with van der Waals surface area (Å²) in [4.78, 5) is 20.3. The molecule has 2 heterocycles. The standard InChI is InChI=1S/C13H8ClN3O/c14-11-13(18)17(9-5-2-1-3-6-9)12-10(16-11)7-4-8-15-12/h1-8H. The molecule has 0 bridgehead atoms. The summed E-state index contributed by atoms with van der Waals surface area (Å²) in [6.45, 7) is 0. The van der Waals surface area contributed by atoms with Crippen molar-refractivity contribution in [3.05, 3.63) is 64.2 Å². The Labute approximate surface area is 108 Å². The molecule has 18 heavy (non-hydrogen) atoms. The first-order chi connectivity index (χ1) is 8.77. The van der Waals surface area contributed by atoms with E-state index in [-0.39, 0.29) is 10.7 Å². The Morgan fingerprint density at radius 3 is 2.61 bits per heavy atom. The second-order valence-corrected chi connectivity index (χ2v) is 4.08. The van der Waals surface area contributed by atoms with E-state index in [0.717, 1.165) is 5.69 Å². The van der Waals surface area contributed by atoms with Crippen LogP contribution in [0.2, 0.25) is 5.15 Å². The first-order valence-electron chi connectivity index (χ1n) is 5.36. The molecule has 2 aromatic heterocycles. The van der Waals surface area contributed by atoms with Gasteiger partial charge in [0.1, 0.15) is 5.52 Å². The Bertz CT molecular complexity index is 768. The van der Waals surface area contributed by atoms with Gasteiger partial charge in [-0.25, -0.2) is 9.97 Å². The Kier molecular flexibility index (Phi) is 2.57. The van der Waals surface area contributed by atoms with E-state index < -0.39 is 0 Å². The molecule has 1 aromatic carbocycles. The first-order valence-corrected chi connectivity index (χ1v) is 5.74. The minimum Gasteiger partial charge on any atom is -0.265 e. The van der Waals surface area contributed by atoms with E-state index in [9.17, 15) is 4.79 Å². The molecule has 5 heteroatoms. The summed E-state index contributed by atoms with van der Waals surface area (Å²) in [5.74, 6) is 0. The van der Waals surface area contributed by atoms with Crippen LogP contribution < -0.4 is 5.56 Å². The van der Waals surface area contributed by atoms with Gasteiger partial charge >= 0.3 is 0 Å². The third kappa shape index (κ3) is 1.67. The molecule has 0 N–H and O–H groups in total. The minimum atomic E-state index is -0.367. The second-order valence-electron chi connectivity index (χ2n) is 3.72. The van der Waals surface area contributed by atoms with E-state index in [4.69, 9.17) is 11.6 Å². The molecule has 0 atom stereocenters. The highest BCUT2D eigenvalue weighted by atomic mass is 35.5.